The summed E-state index contributed by atoms with van der Waals surface area (Å²) in [6.45, 7) is 1.31. The first-order valence-electron chi connectivity index (χ1n) is 5.41. The Morgan fingerprint density at radius 2 is 1.67 bits per heavy atom. The second-order valence-electron chi connectivity index (χ2n) is 3.57. The molecular weight excluding hydrogens is 190 g/mol. The number of unbranched alkanes of at least 4 members (excludes halogenated alkanes) is 2. The minimum atomic E-state index is 0.0940. The molecule has 3 N–H and O–H groups in total. The van der Waals surface area contributed by atoms with Crippen molar-refractivity contribution in [3.8, 4) is 0 Å². The third-order valence-electron chi connectivity index (χ3n) is 2.30. The summed E-state index contributed by atoms with van der Waals surface area (Å²) in [5.41, 5.74) is 2.01. The van der Waals surface area contributed by atoms with Crippen LogP contribution in [0.5, 0.6) is 0 Å². The van der Waals surface area contributed by atoms with Gasteiger partial charge in [-0.05, 0) is 37.0 Å². The molecule has 84 valence electrons. The van der Waals surface area contributed by atoms with Gasteiger partial charge in [-0.3, -0.25) is 0 Å². The SMILES string of the molecule is OCCCCCNc1ccc(CO)cc1. The van der Waals surface area contributed by atoms with Gasteiger partial charge in [-0.1, -0.05) is 12.1 Å². The fourth-order valence-electron chi connectivity index (χ4n) is 1.37. The first-order valence-corrected chi connectivity index (χ1v) is 5.41. The van der Waals surface area contributed by atoms with E-state index in [1.165, 1.54) is 0 Å². The standard InChI is InChI=1S/C12H19NO2/c14-9-3-1-2-8-13-12-6-4-11(10-15)5-7-12/h4-7,13-15H,1-3,8-10H2. The normalized spacial score (nSPS) is 10.3. The van der Waals surface area contributed by atoms with Crippen LogP contribution >= 0.6 is 0 Å². The second kappa shape index (κ2) is 7.26. The molecule has 0 radical (unpaired) electrons. The smallest absolute Gasteiger partial charge is 0.0681 e. The Kier molecular flexibility index (Phi) is 5.81. The average molecular weight is 209 g/mol. The van der Waals surface area contributed by atoms with Gasteiger partial charge in [-0.15, -0.1) is 0 Å². The number of aliphatic hydroxyl groups excluding tert-OH is 2. The van der Waals surface area contributed by atoms with Gasteiger partial charge in [0.15, 0.2) is 0 Å². The van der Waals surface area contributed by atoms with E-state index in [0.717, 1.165) is 37.1 Å². The summed E-state index contributed by atoms with van der Waals surface area (Å²) in [4.78, 5) is 0. The van der Waals surface area contributed by atoms with Gasteiger partial charge in [0.05, 0.1) is 6.61 Å². The third-order valence-corrected chi connectivity index (χ3v) is 2.30. The quantitative estimate of drug-likeness (QED) is 0.600. The zero-order valence-electron chi connectivity index (χ0n) is 8.95. The van der Waals surface area contributed by atoms with Crippen molar-refractivity contribution in [2.45, 2.75) is 25.9 Å². The molecule has 0 unspecified atom stereocenters. The molecule has 1 aromatic rings. The van der Waals surface area contributed by atoms with Crippen LogP contribution in [0.25, 0.3) is 0 Å². The van der Waals surface area contributed by atoms with E-state index in [4.69, 9.17) is 10.2 Å². The van der Waals surface area contributed by atoms with Gasteiger partial charge < -0.3 is 15.5 Å². The molecule has 0 heterocycles. The molecule has 0 aliphatic carbocycles. The highest BCUT2D eigenvalue weighted by molar-refractivity contribution is 5.44. The van der Waals surface area contributed by atoms with E-state index in [-0.39, 0.29) is 13.2 Å². The van der Waals surface area contributed by atoms with Gasteiger partial charge in [-0.25, -0.2) is 0 Å². The Hall–Kier alpha value is -1.06. The largest absolute Gasteiger partial charge is 0.396 e. The molecule has 0 bridgehead atoms. The first-order chi connectivity index (χ1) is 7.36. The predicted molar refractivity (Wildman–Crippen MR) is 61.8 cm³/mol. The third kappa shape index (κ3) is 4.81. The lowest BCUT2D eigenvalue weighted by atomic mass is 10.2. The van der Waals surface area contributed by atoms with Crippen molar-refractivity contribution in [3.05, 3.63) is 29.8 Å². The second-order valence-corrected chi connectivity index (χ2v) is 3.57. The van der Waals surface area contributed by atoms with Gasteiger partial charge in [0.1, 0.15) is 0 Å². The van der Waals surface area contributed by atoms with Gasteiger partial charge in [-0.2, -0.15) is 0 Å². The van der Waals surface area contributed by atoms with Crippen LogP contribution in [0.1, 0.15) is 24.8 Å². The van der Waals surface area contributed by atoms with E-state index in [1.807, 2.05) is 24.3 Å². The van der Waals surface area contributed by atoms with E-state index in [0.29, 0.717) is 0 Å². The molecule has 0 aliphatic rings. The molecule has 3 heteroatoms. The number of benzene rings is 1. The molecular formula is C12H19NO2. The summed E-state index contributed by atoms with van der Waals surface area (Å²) in [6, 6.07) is 7.77. The summed E-state index contributed by atoms with van der Waals surface area (Å²) < 4.78 is 0. The highest BCUT2D eigenvalue weighted by atomic mass is 16.3. The predicted octanol–water partition coefficient (Wildman–Crippen LogP) is 1.75. The molecule has 1 rings (SSSR count). The van der Waals surface area contributed by atoms with E-state index in [9.17, 15) is 0 Å². The molecule has 15 heavy (non-hydrogen) atoms. The molecule has 0 atom stereocenters. The molecule has 0 fully saturated rings. The summed E-state index contributed by atoms with van der Waals surface area (Å²) >= 11 is 0. The van der Waals surface area contributed by atoms with Crippen LogP contribution in [-0.4, -0.2) is 23.4 Å². The van der Waals surface area contributed by atoms with Crippen LogP contribution in [0.4, 0.5) is 5.69 Å². The Morgan fingerprint density at radius 3 is 2.27 bits per heavy atom. The van der Waals surface area contributed by atoms with Gasteiger partial charge in [0.2, 0.25) is 0 Å². The minimum absolute atomic E-state index is 0.0940. The van der Waals surface area contributed by atoms with E-state index in [1.54, 1.807) is 0 Å². The van der Waals surface area contributed by atoms with Crippen molar-refractivity contribution >= 4 is 5.69 Å². The summed E-state index contributed by atoms with van der Waals surface area (Å²) in [6.07, 6.45) is 3.01. The number of hydrogen-bond acceptors (Lipinski definition) is 3. The Balaban J connectivity index is 2.20. The Labute approximate surface area is 90.8 Å². The summed E-state index contributed by atoms with van der Waals surface area (Å²) in [5, 5.41) is 20.7. The number of nitrogens with one attached hydrogen (secondary N) is 1. The molecule has 0 aromatic heterocycles. The van der Waals surface area contributed by atoms with Crippen molar-refractivity contribution in [1.82, 2.24) is 0 Å². The van der Waals surface area contributed by atoms with Crippen molar-refractivity contribution in [2.75, 3.05) is 18.5 Å². The maximum absolute atomic E-state index is 8.86. The lowest BCUT2D eigenvalue weighted by molar-refractivity contribution is 0.282. The topological polar surface area (TPSA) is 52.5 Å². The van der Waals surface area contributed by atoms with E-state index in [2.05, 4.69) is 5.32 Å². The van der Waals surface area contributed by atoms with Gasteiger partial charge in [0.25, 0.3) is 0 Å². The molecule has 0 spiro atoms. The monoisotopic (exact) mass is 209 g/mol. The zero-order chi connectivity index (χ0) is 10.9. The maximum atomic E-state index is 8.86. The lowest BCUT2D eigenvalue weighted by Gasteiger charge is -2.06. The van der Waals surface area contributed by atoms with Gasteiger partial charge in [0, 0.05) is 18.8 Å². The van der Waals surface area contributed by atoms with Crippen molar-refractivity contribution in [2.24, 2.45) is 0 Å². The summed E-state index contributed by atoms with van der Waals surface area (Å²) in [5.74, 6) is 0. The fraction of sp³-hybridized carbons (Fsp3) is 0.500. The molecule has 3 nitrogen and oxygen atoms in total. The average Bonchev–Trinajstić information content (AvgIpc) is 2.30. The number of hydrogen-bond donors (Lipinski definition) is 3. The van der Waals surface area contributed by atoms with Crippen LogP contribution in [0.2, 0.25) is 0 Å². The highest BCUT2D eigenvalue weighted by Gasteiger charge is 1.93. The highest BCUT2D eigenvalue weighted by Crippen LogP contribution is 2.09. The minimum Gasteiger partial charge on any atom is -0.396 e. The Morgan fingerprint density at radius 1 is 0.933 bits per heavy atom. The molecule has 0 saturated heterocycles. The number of aliphatic hydroxyl groups is 2. The van der Waals surface area contributed by atoms with Crippen LogP contribution in [0.3, 0.4) is 0 Å². The lowest BCUT2D eigenvalue weighted by Crippen LogP contribution is -2.01. The van der Waals surface area contributed by atoms with Crippen LogP contribution in [-0.2, 0) is 6.61 Å². The molecule has 0 saturated carbocycles. The first kappa shape index (κ1) is 12.0. The van der Waals surface area contributed by atoms with Crippen molar-refractivity contribution in [3.63, 3.8) is 0 Å². The van der Waals surface area contributed by atoms with Crippen LogP contribution < -0.4 is 5.32 Å². The number of rotatable bonds is 7. The zero-order valence-corrected chi connectivity index (χ0v) is 8.95. The Bertz CT molecular complexity index is 259. The van der Waals surface area contributed by atoms with Crippen LogP contribution in [0.15, 0.2) is 24.3 Å². The molecule has 0 aliphatic heterocycles. The van der Waals surface area contributed by atoms with Crippen molar-refractivity contribution in [1.29, 1.82) is 0 Å². The van der Waals surface area contributed by atoms with Crippen molar-refractivity contribution < 1.29 is 10.2 Å². The number of anilines is 1. The van der Waals surface area contributed by atoms with E-state index >= 15 is 0 Å². The van der Waals surface area contributed by atoms with E-state index < -0.39 is 0 Å². The maximum Gasteiger partial charge on any atom is 0.0681 e. The van der Waals surface area contributed by atoms with Gasteiger partial charge >= 0.3 is 0 Å². The van der Waals surface area contributed by atoms with Crippen LogP contribution in [0, 0.1) is 0 Å². The summed E-state index contributed by atoms with van der Waals surface area (Å²) in [7, 11) is 0. The molecule has 1 aromatic carbocycles. The molecule has 0 amide bonds. The fourth-order valence-corrected chi connectivity index (χ4v) is 1.37.